The van der Waals surface area contributed by atoms with Crippen LogP contribution < -0.4 is 5.32 Å². The summed E-state index contributed by atoms with van der Waals surface area (Å²) in [7, 11) is 5.25. The maximum atomic E-state index is 11.5. The fraction of sp³-hybridized carbons (Fsp3) is 0.579. The van der Waals surface area contributed by atoms with Gasteiger partial charge < -0.3 is 19.7 Å². The molecule has 0 saturated carbocycles. The van der Waals surface area contributed by atoms with E-state index in [9.17, 15) is 4.79 Å². The molecule has 0 aliphatic carbocycles. The largest absolute Gasteiger partial charge is 0.465 e. The van der Waals surface area contributed by atoms with Gasteiger partial charge >= 0.3 is 5.97 Å². The Hall–Kier alpha value is -1.35. The predicted molar refractivity (Wildman–Crippen MR) is 114 cm³/mol. The van der Waals surface area contributed by atoms with Crippen LogP contribution in [-0.2, 0) is 16.0 Å². The van der Waals surface area contributed by atoms with Crippen molar-refractivity contribution in [1.82, 2.24) is 10.2 Å². The number of rotatable bonds is 6. The molecule has 0 unspecified atom stereocenters. The molecule has 7 heteroatoms. The number of nitrogens with zero attached hydrogens (tertiary/aromatic N) is 2. The van der Waals surface area contributed by atoms with Gasteiger partial charge in [0.15, 0.2) is 5.96 Å². The first-order valence-electron chi connectivity index (χ1n) is 8.80. The number of aliphatic imine (C=N–C) groups is 1. The lowest BCUT2D eigenvalue weighted by molar-refractivity contribution is 0.0600. The number of methoxy groups -OCH3 is 1. The zero-order valence-electron chi connectivity index (χ0n) is 15.9. The van der Waals surface area contributed by atoms with Crippen molar-refractivity contribution >= 4 is 35.9 Å². The number of hydrogen-bond donors (Lipinski definition) is 1. The highest BCUT2D eigenvalue weighted by molar-refractivity contribution is 14.0. The molecule has 0 amide bonds. The van der Waals surface area contributed by atoms with Gasteiger partial charge in [-0.3, -0.25) is 4.99 Å². The zero-order chi connectivity index (χ0) is 18.1. The maximum Gasteiger partial charge on any atom is 0.337 e. The van der Waals surface area contributed by atoms with Crippen molar-refractivity contribution in [2.45, 2.75) is 25.8 Å². The fourth-order valence-electron chi connectivity index (χ4n) is 2.96. The molecule has 1 aliphatic heterocycles. The van der Waals surface area contributed by atoms with Crippen LogP contribution in [0, 0.1) is 5.92 Å². The third kappa shape index (κ3) is 7.11. The maximum absolute atomic E-state index is 11.5. The molecular weight excluding hydrogens is 445 g/mol. The van der Waals surface area contributed by atoms with Crippen molar-refractivity contribution in [2.75, 3.05) is 41.0 Å². The average molecular weight is 475 g/mol. The van der Waals surface area contributed by atoms with Gasteiger partial charge in [0.2, 0.25) is 0 Å². The number of carbonyl (C=O) groups excluding carboxylic acids is 1. The summed E-state index contributed by atoms with van der Waals surface area (Å²) in [5, 5.41) is 3.37. The van der Waals surface area contributed by atoms with Crippen molar-refractivity contribution in [3.8, 4) is 0 Å². The number of halogens is 1. The number of ether oxygens (including phenoxy) is 2. The van der Waals surface area contributed by atoms with E-state index in [0.29, 0.717) is 12.1 Å². The number of benzene rings is 1. The molecule has 0 aromatic heterocycles. The molecule has 6 nitrogen and oxygen atoms in total. The summed E-state index contributed by atoms with van der Waals surface area (Å²) in [5.74, 6) is 1.31. The van der Waals surface area contributed by atoms with Gasteiger partial charge in [-0.1, -0.05) is 12.1 Å². The molecule has 0 atom stereocenters. The Labute approximate surface area is 173 Å². The number of esters is 1. The van der Waals surface area contributed by atoms with Gasteiger partial charge in [-0.15, -0.1) is 24.0 Å². The summed E-state index contributed by atoms with van der Waals surface area (Å²) in [6.45, 7) is 3.42. The van der Waals surface area contributed by atoms with Gasteiger partial charge in [0.25, 0.3) is 0 Å². The third-order valence-corrected chi connectivity index (χ3v) is 4.61. The number of nitrogens with one attached hydrogen (secondary N) is 1. The van der Waals surface area contributed by atoms with Gasteiger partial charge in [0.1, 0.15) is 0 Å². The molecule has 1 fully saturated rings. The van der Waals surface area contributed by atoms with Crippen molar-refractivity contribution in [1.29, 1.82) is 0 Å². The van der Waals surface area contributed by atoms with Crippen LogP contribution in [0.15, 0.2) is 29.3 Å². The molecule has 0 spiro atoms. The van der Waals surface area contributed by atoms with Gasteiger partial charge in [-0.05, 0) is 42.9 Å². The predicted octanol–water partition coefficient (Wildman–Crippen LogP) is 2.92. The molecule has 146 valence electrons. The van der Waals surface area contributed by atoms with E-state index in [1.807, 2.05) is 12.1 Å². The minimum Gasteiger partial charge on any atom is -0.465 e. The smallest absolute Gasteiger partial charge is 0.337 e. The highest BCUT2D eigenvalue weighted by Crippen LogP contribution is 2.18. The first kappa shape index (κ1) is 22.7. The zero-order valence-corrected chi connectivity index (χ0v) is 18.2. The van der Waals surface area contributed by atoms with Crippen molar-refractivity contribution in [3.63, 3.8) is 0 Å². The molecule has 1 saturated heterocycles. The van der Waals surface area contributed by atoms with Crippen molar-refractivity contribution < 1.29 is 14.3 Å². The number of hydrogen-bond acceptors (Lipinski definition) is 4. The molecule has 1 heterocycles. The second kappa shape index (κ2) is 12.1. The van der Waals surface area contributed by atoms with Crippen LogP contribution in [0.1, 0.15) is 35.2 Å². The molecule has 1 aliphatic rings. The molecular formula is C19H30IN3O3. The summed E-state index contributed by atoms with van der Waals surface area (Å²) >= 11 is 0. The average Bonchev–Trinajstić information content (AvgIpc) is 2.67. The summed E-state index contributed by atoms with van der Waals surface area (Å²) in [4.78, 5) is 18.0. The van der Waals surface area contributed by atoms with E-state index in [0.717, 1.165) is 56.5 Å². The van der Waals surface area contributed by atoms with Gasteiger partial charge in [-0.2, -0.15) is 0 Å². The Bertz CT molecular complexity index is 572. The Morgan fingerprint density at radius 2 is 1.96 bits per heavy atom. The van der Waals surface area contributed by atoms with E-state index in [2.05, 4.69) is 22.3 Å². The lowest BCUT2D eigenvalue weighted by Crippen LogP contribution is -2.39. The van der Waals surface area contributed by atoms with Crippen LogP contribution in [0.2, 0.25) is 0 Å². The second-order valence-electron chi connectivity index (χ2n) is 6.36. The van der Waals surface area contributed by atoms with E-state index in [-0.39, 0.29) is 29.9 Å². The first-order chi connectivity index (χ1) is 12.1. The molecule has 1 aromatic rings. The highest BCUT2D eigenvalue weighted by Gasteiger charge is 2.15. The Morgan fingerprint density at radius 1 is 1.31 bits per heavy atom. The van der Waals surface area contributed by atoms with E-state index < -0.39 is 0 Å². The van der Waals surface area contributed by atoms with Gasteiger partial charge in [0, 0.05) is 40.4 Å². The number of guanidine groups is 1. The third-order valence-electron chi connectivity index (χ3n) is 4.61. The van der Waals surface area contributed by atoms with Crippen molar-refractivity contribution in [2.24, 2.45) is 10.9 Å². The summed E-state index contributed by atoms with van der Waals surface area (Å²) in [6.07, 6.45) is 3.48. The Kier molecular flexibility index (Phi) is 10.6. The lowest BCUT2D eigenvalue weighted by Gasteiger charge is -2.26. The van der Waals surface area contributed by atoms with E-state index in [1.165, 1.54) is 7.11 Å². The summed E-state index contributed by atoms with van der Waals surface area (Å²) in [5.41, 5.74) is 1.65. The summed E-state index contributed by atoms with van der Waals surface area (Å²) < 4.78 is 10.1. The van der Waals surface area contributed by atoms with Crippen LogP contribution >= 0.6 is 24.0 Å². The normalized spacial score (nSPS) is 15.1. The topological polar surface area (TPSA) is 63.2 Å². The first-order valence-corrected chi connectivity index (χ1v) is 8.80. The highest BCUT2D eigenvalue weighted by atomic mass is 127. The van der Waals surface area contributed by atoms with E-state index in [1.54, 1.807) is 19.2 Å². The second-order valence-corrected chi connectivity index (χ2v) is 6.36. The van der Waals surface area contributed by atoms with Gasteiger partial charge in [-0.25, -0.2) is 4.79 Å². The monoisotopic (exact) mass is 475 g/mol. The van der Waals surface area contributed by atoms with Crippen LogP contribution in [-0.4, -0.2) is 57.8 Å². The Balaban J connectivity index is 0.00000338. The fourth-order valence-corrected chi connectivity index (χ4v) is 2.96. The molecule has 0 radical (unpaired) electrons. The van der Waals surface area contributed by atoms with Crippen LogP contribution in [0.3, 0.4) is 0 Å². The molecule has 2 rings (SSSR count). The Morgan fingerprint density at radius 3 is 2.54 bits per heavy atom. The number of carbonyl (C=O) groups is 1. The summed E-state index contributed by atoms with van der Waals surface area (Å²) in [6, 6.07) is 7.41. The quantitative estimate of drug-likeness (QED) is 0.297. The molecule has 1 N–H and O–H groups in total. The SMILES string of the molecule is CN=C(NCc1ccc(C(=O)OC)cc1)N(C)CCC1CCOCC1.I. The molecule has 1 aromatic carbocycles. The van der Waals surface area contributed by atoms with Crippen LogP contribution in [0.5, 0.6) is 0 Å². The minimum atomic E-state index is -0.317. The standard InChI is InChI=1S/C19H29N3O3.HI/c1-20-19(22(2)11-8-15-9-12-25-13-10-15)21-14-16-4-6-17(7-5-16)18(23)24-3;/h4-7,15H,8-14H2,1-3H3,(H,20,21);1H. The molecule has 26 heavy (non-hydrogen) atoms. The minimum absolute atomic E-state index is 0. The molecule has 0 bridgehead atoms. The van der Waals surface area contributed by atoms with Gasteiger partial charge in [0.05, 0.1) is 12.7 Å². The van der Waals surface area contributed by atoms with E-state index in [4.69, 9.17) is 9.47 Å². The van der Waals surface area contributed by atoms with E-state index >= 15 is 0 Å². The van der Waals surface area contributed by atoms with Crippen molar-refractivity contribution in [3.05, 3.63) is 35.4 Å². The van der Waals surface area contributed by atoms with Crippen LogP contribution in [0.25, 0.3) is 0 Å². The lowest BCUT2D eigenvalue weighted by atomic mass is 9.96. The van der Waals surface area contributed by atoms with Crippen LogP contribution in [0.4, 0.5) is 0 Å².